The molecule has 0 atom stereocenters. The molecule has 1 rings (SSSR count). The van der Waals surface area contributed by atoms with E-state index in [1.807, 2.05) is 19.2 Å². The molecule has 0 aliphatic carbocycles. The number of carbonyl (C=O) groups is 1. The third kappa shape index (κ3) is 3.62. The highest BCUT2D eigenvalue weighted by Crippen LogP contribution is 2.11. The lowest BCUT2D eigenvalue weighted by molar-refractivity contribution is -0.116. The molecule has 0 unspecified atom stereocenters. The van der Waals surface area contributed by atoms with Gasteiger partial charge in [-0.1, -0.05) is 6.92 Å². The van der Waals surface area contributed by atoms with Crippen LogP contribution in [0.3, 0.4) is 0 Å². The molecule has 0 bridgehead atoms. The maximum Gasteiger partial charge on any atom is 0.223 e. The van der Waals surface area contributed by atoms with Crippen LogP contribution in [0.15, 0.2) is 24.5 Å². The summed E-state index contributed by atoms with van der Waals surface area (Å²) in [5, 5.41) is 0. The second kappa shape index (κ2) is 6.23. The van der Waals surface area contributed by atoms with E-state index in [4.69, 9.17) is 0 Å². The number of likely N-dealkylation sites (N-methyl/N-ethyl adjacent to an activating group) is 1. The smallest absolute Gasteiger partial charge is 0.223 e. The predicted octanol–water partition coefficient (Wildman–Crippen LogP) is 1.39. The molecule has 0 saturated heterocycles. The molecule has 4 heteroatoms. The van der Waals surface area contributed by atoms with Crippen molar-refractivity contribution in [2.24, 2.45) is 0 Å². The predicted molar refractivity (Wildman–Crippen MR) is 65.4 cm³/mol. The number of carbonyl (C=O) groups excluding carboxylic acids is 1. The molecule has 1 aromatic heterocycles. The monoisotopic (exact) mass is 221 g/mol. The lowest BCUT2D eigenvalue weighted by Crippen LogP contribution is -2.36. The zero-order valence-corrected chi connectivity index (χ0v) is 10.2. The van der Waals surface area contributed by atoms with E-state index in [0.717, 1.165) is 18.8 Å². The molecule has 1 amide bonds. The quantitative estimate of drug-likeness (QED) is 0.754. The van der Waals surface area contributed by atoms with Gasteiger partial charge in [0.1, 0.15) is 0 Å². The van der Waals surface area contributed by atoms with E-state index in [0.29, 0.717) is 6.54 Å². The number of rotatable bonds is 5. The zero-order valence-electron chi connectivity index (χ0n) is 10.2. The van der Waals surface area contributed by atoms with Gasteiger partial charge in [-0.25, -0.2) is 0 Å². The van der Waals surface area contributed by atoms with E-state index in [2.05, 4.69) is 16.8 Å². The van der Waals surface area contributed by atoms with Gasteiger partial charge in [-0.2, -0.15) is 0 Å². The van der Waals surface area contributed by atoms with Gasteiger partial charge in [-0.3, -0.25) is 9.78 Å². The molecule has 1 aromatic rings. The number of hydrogen-bond acceptors (Lipinski definition) is 3. The Morgan fingerprint density at radius 2 is 2.19 bits per heavy atom. The Bertz CT molecular complexity index is 326. The van der Waals surface area contributed by atoms with Gasteiger partial charge in [0.15, 0.2) is 0 Å². The van der Waals surface area contributed by atoms with Gasteiger partial charge < -0.3 is 9.80 Å². The third-order valence-corrected chi connectivity index (χ3v) is 2.58. The van der Waals surface area contributed by atoms with Crippen molar-refractivity contribution in [1.29, 1.82) is 0 Å². The van der Waals surface area contributed by atoms with Gasteiger partial charge in [0.25, 0.3) is 0 Å². The third-order valence-electron chi connectivity index (χ3n) is 2.58. The number of amides is 1. The first-order valence-electron chi connectivity index (χ1n) is 5.51. The number of nitrogens with zero attached hydrogens (tertiary/aromatic N) is 3. The first-order chi connectivity index (χ1) is 7.65. The summed E-state index contributed by atoms with van der Waals surface area (Å²) in [6.45, 7) is 6.23. The normalized spacial score (nSPS) is 10.5. The van der Waals surface area contributed by atoms with Crippen LogP contribution in [0.5, 0.6) is 0 Å². The first kappa shape index (κ1) is 12.6. The number of aromatic nitrogens is 1. The van der Waals surface area contributed by atoms with Crippen LogP contribution in [0, 0.1) is 0 Å². The topological polar surface area (TPSA) is 36.4 Å². The number of hydrogen-bond donors (Lipinski definition) is 0. The molecule has 0 saturated carbocycles. The van der Waals surface area contributed by atoms with Crippen molar-refractivity contribution >= 4 is 11.6 Å². The van der Waals surface area contributed by atoms with Gasteiger partial charge in [0, 0.05) is 26.2 Å². The van der Waals surface area contributed by atoms with Crippen molar-refractivity contribution in [1.82, 2.24) is 9.88 Å². The van der Waals surface area contributed by atoms with Crippen molar-refractivity contribution in [3.63, 3.8) is 0 Å². The average molecular weight is 221 g/mol. The molecular formula is C12H19N3O. The molecule has 0 N–H and O–H groups in total. The van der Waals surface area contributed by atoms with E-state index in [-0.39, 0.29) is 5.91 Å². The Kier molecular flexibility index (Phi) is 4.92. The van der Waals surface area contributed by atoms with Gasteiger partial charge in [0.05, 0.1) is 11.9 Å². The fourth-order valence-electron chi connectivity index (χ4n) is 1.41. The molecule has 1 heterocycles. The van der Waals surface area contributed by atoms with E-state index < -0.39 is 0 Å². The zero-order chi connectivity index (χ0) is 12.0. The van der Waals surface area contributed by atoms with Crippen LogP contribution < -0.4 is 4.90 Å². The summed E-state index contributed by atoms with van der Waals surface area (Å²) in [7, 11) is 2.04. The maximum absolute atomic E-state index is 11.5. The summed E-state index contributed by atoms with van der Waals surface area (Å²) in [5.74, 6) is 0.0532. The summed E-state index contributed by atoms with van der Waals surface area (Å²) in [6.07, 6.45) is 3.42. The van der Waals surface area contributed by atoms with E-state index >= 15 is 0 Å². The fourth-order valence-corrected chi connectivity index (χ4v) is 1.41. The first-order valence-corrected chi connectivity index (χ1v) is 5.51. The SMILES string of the molecule is CCN(C)CCN(C(C)=O)c1cccnc1. The van der Waals surface area contributed by atoms with Crippen molar-refractivity contribution in [3.05, 3.63) is 24.5 Å². The minimum atomic E-state index is 0.0532. The Labute approximate surface area is 96.9 Å². The van der Waals surface area contributed by atoms with Gasteiger partial charge in [-0.05, 0) is 25.7 Å². The summed E-state index contributed by atoms with van der Waals surface area (Å²) in [6, 6.07) is 3.75. The lowest BCUT2D eigenvalue weighted by Gasteiger charge is -2.23. The molecule has 0 aliphatic rings. The Morgan fingerprint density at radius 3 is 2.69 bits per heavy atom. The Hall–Kier alpha value is -1.42. The summed E-state index contributed by atoms with van der Waals surface area (Å²) in [5.41, 5.74) is 0.861. The molecule has 4 nitrogen and oxygen atoms in total. The molecule has 0 aliphatic heterocycles. The highest BCUT2D eigenvalue weighted by molar-refractivity contribution is 5.91. The van der Waals surface area contributed by atoms with Crippen molar-refractivity contribution < 1.29 is 4.79 Å². The maximum atomic E-state index is 11.5. The number of pyridine rings is 1. The molecule has 16 heavy (non-hydrogen) atoms. The second-order valence-electron chi connectivity index (χ2n) is 3.78. The largest absolute Gasteiger partial charge is 0.310 e. The Morgan fingerprint density at radius 1 is 1.44 bits per heavy atom. The standard InChI is InChI=1S/C12H19N3O/c1-4-14(3)8-9-15(11(2)16)12-6-5-7-13-10-12/h5-7,10H,4,8-9H2,1-3H3. The fraction of sp³-hybridized carbons (Fsp3) is 0.500. The van der Waals surface area contributed by atoms with Crippen LogP contribution in [-0.4, -0.2) is 42.5 Å². The van der Waals surface area contributed by atoms with Crippen LogP contribution in [0.25, 0.3) is 0 Å². The second-order valence-corrected chi connectivity index (χ2v) is 3.78. The lowest BCUT2D eigenvalue weighted by atomic mass is 10.3. The van der Waals surface area contributed by atoms with Crippen molar-refractivity contribution in [3.8, 4) is 0 Å². The van der Waals surface area contributed by atoms with Gasteiger partial charge in [0.2, 0.25) is 5.91 Å². The highest BCUT2D eigenvalue weighted by Gasteiger charge is 2.11. The molecule has 0 radical (unpaired) electrons. The summed E-state index contributed by atoms with van der Waals surface area (Å²) < 4.78 is 0. The minimum absolute atomic E-state index is 0.0532. The van der Waals surface area contributed by atoms with Crippen LogP contribution in [-0.2, 0) is 4.79 Å². The van der Waals surface area contributed by atoms with E-state index in [1.54, 1.807) is 24.2 Å². The summed E-state index contributed by atoms with van der Waals surface area (Å²) in [4.78, 5) is 19.5. The molecule has 0 aromatic carbocycles. The van der Waals surface area contributed by atoms with E-state index in [1.165, 1.54) is 0 Å². The van der Waals surface area contributed by atoms with Crippen LogP contribution in [0.1, 0.15) is 13.8 Å². The Balaban J connectivity index is 2.66. The average Bonchev–Trinajstić information content (AvgIpc) is 2.30. The van der Waals surface area contributed by atoms with Crippen LogP contribution >= 0.6 is 0 Å². The van der Waals surface area contributed by atoms with Crippen molar-refractivity contribution in [2.45, 2.75) is 13.8 Å². The molecular weight excluding hydrogens is 202 g/mol. The minimum Gasteiger partial charge on any atom is -0.310 e. The highest BCUT2D eigenvalue weighted by atomic mass is 16.2. The van der Waals surface area contributed by atoms with Crippen molar-refractivity contribution in [2.75, 3.05) is 31.6 Å². The molecule has 0 fully saturated rings. The molecule has 88 valence electrons. The van der Waals surface area contributed by atoms with Gasteiger partial charge in [-0.15, -0.1) is 0 Å². The van der Waals surface area contributed by atoms with Crippen LogP contribution in [0.4, 0.5) is 5.69 Å². The molecule has 0 spiro atoms. The van der Waals surface area contributed by atoms with E-state index in [9.17, 15) is 4.79 Å². The number of anilines is 1. The van der Waals surface area contributed by atoms with Gasteiger partial charge >= 0.3 is 0 Å². The summed E-state index contributed by atoms with van der Waals surface area (Å²) >= 11 is 0. The van der Waals surface area contributed by atoms with Crippen LogP contribution in [0.2, 0.25) is 0 Å².